The van der Waals surface area contributed by atoms with Crippen LogP contribution < -0.4 is 0 Å². The second-order valence-corrected chi connectivity index (χ2v) is 5.84. The van der Waals surface area contributed by atoms with Gasteiger partial charge in [-0.3, -0.25) is 0 Å². The lowest BCUT2D eigenvalue weighted by Crippen LogP contribution is -2.06. The van der Waals surface area contributed by atoms with Crippen molar-refractivity contribution in [3.63, 3.8) is 0 Å². The van der Waals surface area contributed by atoms with Gasteiger partial charge in [-0.25, -0.2) is 9.79 Å². The Morgan fingerprint density at radius 2 is 1.80 bits per heavy atom. The number of aryl methyl sites for hydroxylation is 3. The van der Waals surface area contributed by atoms with Crippen molar-refractivity contribution in [2.75, 3.05) is 0 Å². The molecule has 0 N–H and O–H groups in total. The van der Waals surface area contributed by atoms with Gasteiger partial charge in [0.1, 0.15) is 0 Å². The summed E-state index contributed by atoms with van der Waals surface area (Å²) in [5, 5.41) is 0. The molecular weight excluding hydrogens is 250 g/mol. The van der Waals surface area contributed by atoms with E-state index in [4.69, 9.17) is 4.74 Å². The fourth-order valence-corrected chi connectivity index (χ4v) is 2.45. The Hall–Kier alpha value is -1.90. The molecule has 1 aliphatic heterocycles. The highest BCUT2D eigenvalue weighted by Gasteiger charge is 2.23. The Balaban J connectivity index is 2.36. The van der Waals surface area contributed by atoms with Gasteiger partial charge in [-0.05, 0) is 49.5 Å². The minimum absolute atomic E-state index is 0.347. The summed E-state index contributed by atoms with van der Waals surface area (Å²) in [4.78, 5) is 16.2. The van der Waals surface area contributed by atoms with E-state index in [1.54, 1.807) is 0 Å². The van der Waals surface area contributed by atoms with E-state index in [1.165, 1.54) is 5.56 Å². The van der Waals surface area contributed by atoms with E-state index in [0.29, 0.717) is 23.9 Å². The van der Waals surface area contributed by atoms with Crippen LogP contribution in [0, 0.1) is 26.7 Å². The normalized spacial score (nSPS) is 16.8. The maximum atomic E-state index is 11.9. The average Bonchev–Trinajstić information content (AvgIpc) is 2.63. The fraction of sp³-hybridized carbons (Fsp3) is 0.412. The van der Waals surface area contributed by atoms with Crippen LogP contribution in [0.2, 0.25) is 0 Å². The quantitative estimate of drug-likeness (QED) is 0.616. The Morgan fingerprint density at radius 1 is 1.20 bits per heavy atom. The molecule has 1 aromatic rings. The van der Waals surface area contributed by atoms with Crippen LogP contribution in [0.3, 0.4) is 0 Å². The number of hydrogen-bond acceptors (Lipinski definition) is 3. The maximum Gasteiger partial charge on any atom is 0.363 e. The van der Waals surface area contributed by atoms with Crippen LogP contribution in [0.1, 0.15) is 42.5 Å². The summed E-state index contributed by atoms with van der Waals surface area (Å²) >= 11 is 0. The number of aliphatic imine (C=N–C) groups is 1. The highest BCUT2D eigenvalue weighted by molar-refractivity contribution is 6.07. The molecule has 0 radical (unpaired) electrons. The Labute approximate surface area is 120 Å². The molecule has 0 saturated heterocycles. The molecule has 0 bridgehead atoms. The van der Waals surface area contributed by atoms with Crippen LogP contribution in [0.5, 0.6) is 0 Å². The SMILES string of the molecule is Cc1cc(C)c(/C=C2\N=C(CC(C)C)OC2=O)c(C)c1. The van der Waals surface area contributed by atoms with E-state index in [1.807, 2.05) is 19.9 Å². The molecule has 20 heavy (non-hydrogen) atoms. The van der Waals surface area contributed by atoms with Crippen molar-refractivity contribution in [1.82, 2.24) is 0 Å². The maximum absolute atomic E-state index is 11.9. The summed E-state index contributed by atoms with van der Waals surface area (Å²) in [6, 6.07) is 4.22. The number of rotatable bonds is 3. The fourth-order valence-electron chi connectivity index (χ4n) is 2.45. The molecule has 0 aromatic heterocycles. The van der Waals surface area contributed by atoms with Crippen LogP contribution in [-0.2, 0) is 9.53 Å². The largest absolute Gasteiger partial charge is 0.407 e. The van der Waals surface area contributed by atoms with Gasteiger partial charge in [-0.15, -0.1) is 0 Å². The van der Waals surface area contributed by atoms with Gasteiger partial charge >= 0.3 is 5.97 Å². The number of hydrogen-bond donors (Lipinski definition) is 0. The lowest BCUT2D eigenvalue weighted by atomic mass is 9.99. The first-order valence-electron chi connectivity index (χ1n) is 6.96. The number of carbonyl (C=O) groups is 1. The smallest absolute Gasteiger partial charge is 0.363 e. The molecule has 0 amide bonds. The first-order valence-corrected chi connectivity index (χ1v) is 6.96. The molecule has 0 spiro atoms. The molecule has 0 fully saturated rings. The summed E-state index contributed by atoms with van der Waals surface area (Å²) < 4.78 is 5.20. The van der Waals surface area contributed by atoms with Crippen molar-refractivity contribution >= 4 is 17.9 Å². The summed E-state index contributed by atoms with van der Waals surface area (Å²) in [6.45, 7) is 10.3. The van der Waals surface area contributed by atoms with Crippen molar-refractivity contribution in [1.29, 1.82) is 0 Å². The summed E-state index contributed by atoms with van der Waals surface area (Å²) in [5.74, 6) is 0.599. The van der Waals surface area contributed by atoms with Crippen LogP contribution in [0.4, 0.5) is 0 Å². The topological polar surface area (TPSA) is 38.7 Å². The first-order chi connectivity index (χ1) is 9.36. The van der Waals surface area contributed by atoms with E-state index in [0.717, 1.165) is 16.7 Å². The minimum atomic E-state index is -0.347. The number of carbonyl (C=O) groups excluding carboxylic acids is 1. The van der Waals surface area contributed by atoms with Crippen molar-refractivity contribution < 1.29 is 9.53 Å². The number of cyclic esters (lactones) is 1. The molecule has 1 aliphatic rings. The number of esters is 1. The molecule has 106 valence electrons. The predicted molar refractivity (Wildman–Crippen MR) is 81.6 cm³/mol. The molecule has 0 atom stereocenters. The van der Waals surface area contributed by atoms with Gasteiger partial charge in [-0.2, -0.15) is 0 Å². The molecule has 1 aromatic carbocycles. The van der Waals surface area contributed by atoms with E-state index >= 15 is 0 Å². The van der Waals surface area contributed by atoms with Crippen molar-refractivity contribution in [2.24, 2.45) is 10.9 Å². The second-order valence-electron chi connectivity index (χ2n) is 5.84. The van der Waals surface area contributed by atoms with Gasteiger partial charge < -0.3 is 4.74 Å². The third kappa shape index (κ3) is 3.16. The van der Waals surface area contributed by atoms with E-state index in [2.05, 4.69) is 37.9 Å². The second kappa shape index (κ2) is 5.61. The lowest BCUT2D eigenvalue weighted by Gasteiger charge is -2.07. The van der Waals surface area contributed by atoms with Crippen molar-refractivity contribution in [2.45, 2.75) is 41.0 Å². The molecule has 0 saturated carbocycles. The molecule has 3 heteroatoms. The zero-order chi connectivity index (χ0) is 14.9. The van der Waals surface area contributed by atoms with Crippen molar-refractivity contribution in [3.05, 3.63) is 40.1 Å². The minimum Gasteiger partial charge on any atom is -0.407 e. The summed E-state index contributed by atoms with van der Waals surface area (Å²) in [5.41, 5.74) is 4.97. The zero-order valence-corrected chi connectivity index (χ0v) is 12.8. The highest BCUT2D eigenvalue weighted by atomic mass is 16.6. The van der Waals surface area contributed by atoms with Crippen LogP contribution in [-0.4, -0.2) is 11.9 Å². The Bertz CT molecular complexity index is 586. The number of ether oxygens (including phenoxy) is 1. The number of nitrogens with zero attached hydrogens (tertiary/aromatic N) is 1. The van der Waals surface area contributed by atoms with Gasteiger partial charge in [0.2, 0.25) is 0 Å². The third-order valence-corrected chi connectivity index (χ3v) is 3.27. The summed E-state index contributed by atoms with van der Waals surface area (Å²) in [6.07, 6.45) is 2.52. The number of benzene rings is 1. The zero-order valence-electron chi connectivity index (χ0n) is 12.8. The molecular formula is C17H21NO2. The van der Waals surface area contributed by atoms with Gasteiger partial charge in [0.25, 0.3) is 0 Å². The molecule has 0 aliphatic carbocycles. The Kier molecular flexibility index (Phi) is 4.07. The van der Waals surface area contributed by atoms with Gasteiger partial charge in [0.15, 0.2) is 11.6 Å². The third-order valence-electron chi connectivity index (χ3n) is 3.27. The molecule has 2 rings (SSSR count). The van der Waals surface area contributed by atoms with Gasteiger partial charge in [-0.1, -0.05) is 31.5 Å². The highest BCUT2D eigenvalue weighted by Crippen LogP contribution is 2.23. The first kappa shape index (κ1) is 14.5. The van der Waals surface area contributed by atoms with E-state index in [-0.39, 0.29) is 5.97 Å². The van der Waals surface area contributed by atoms with Crippen LogP contribution >= 0.6 is 0 Å². The molecule has 0 unspecified atom stereocenters. The van der Waals surface area contributed by atoms with E-state index in [9.17, 15) is 4.79 Å². The molecule has 1 heterocycles. The average molecular weight is 271 g/mol. The van der Waals surface area contributed by atoms with Crippen LogP contribution in [0.15, 0.2) is 22.8 Å². The van der Waals surface area contributed by atoms with E-state index < -0.39 is 0 Å². The van der Waals surface area contributed by atoms with Gasteiger partial charge in [0.05, 0.1) is 0 Å². The summed E-state index contributed by atoms with van der Waals surface area (Å²) in [7, 11) is 0. The monoisotopic (exact) mass is 271 g/mol. The Morgan fingerprint density at radius 3 is 2.35 bits per heavy atom. The molecule has 3 nitrogen and oxygen atoms in total. The van der Waals surface area contributed by atoms with Crippen molar-refractivity contribution in [3.8, 4) is 0 Å². The van der Waals surface area contributed by atoms with Gasteiger partial charge in [0, 0.05) is 6.42 Å². The predicted octanol–water partition coefficient (Wildman–Crippen LogP) is 3.95. The lowest BCUT2D eigenvalue weighted by molar-refractivity contribution is -0.130. The standard InChI is InChI=1S/C17H21NO2/c1-10(2)6-16-18-15(17(19)20-16)9-14-12(4)7-11(3)8-13(14)5/h7-10H,6H2,1-5H3/b15-9-. The van der Waals surface area contributed by atoms with Crippen LogP contribution in [0.25, 0.3) is 6.08 Å².